The number of rotatable bonds is 5. The van der Waals surface area contributed by atoms with Crippen molar-refractivity contribution < 1.29 is 23.4 Å². The van der Waals surface area contributed by atoms with E-state index in [1.54, 1.807) is 24.3 Å². The van der Waals surface area contributed by atoms with Crippen molar-refractivity contribution in [2.45, 2.75) is 20.5 Å². The molecule has 6 nitrogen and oxygen atoms in total. The Morgan fingerprint density at radius 2 is 1.63 bits per heavy atom. The molecule has 3 rings (SSSR count). The molecule has 0 saturated heterocycles. The van der Waals surface area contributed by atoms with Gasteiger partial charge in [-0.1, -0.05) is 6.07 Å². The zero-order valence-corrected chi connectivity index (χ0v) is 15.6. The fraction of sp³-hybridized carbons (Fsp3) is 0.238. The highest BCUT2D eigenvalue weighted by atomic mass is 16.5. The maximum Gasteiger partial charge on any atom is 0.346 e. The van der Waals surface area contributed by atoms with Gasteiger partial charge in [-0.05, 0) is 49.2 Å². The molecule has 3 aromatic rings. The van der Waals surface area contributed by atoms with E-state index >= 15 is 0 Å². The lowest BCUT2D eigenvalue weighted by atomic mass is 10.0. The second-order valence-electron chi connectivity index (χ2n) is 6.14. The molecule has 0 aliphatic heterocycles. The molecule has 0 bridgehead atoms. The molecule has 0 fully saturated rings. The van der Waals surface area contributed by atoms with Crippen molar-refractivity contribution in [3.8, 4) is 11.5 Å². The van der Waals surface area contributed by atoms with Crippen molar-refractivity contribution >= 4 is 16.9 Å². The van der Waals surface area contributed by atoms with Gasteiger partial charge in [0.15, 0.2) is 0 Å². The van der Waals surface area contributed by atoms with E-state index in [2.05, 4.69) is 0 Å². The Morgan fingerprint density at radius 3 is 2.26 bits per heavy atom. The molecule has 0 atom stereocenters. The minimum Gasteiger partial charge on any atom is -0.496 e. The van der Waals surface area contributed by atoms with Gasteiger partial charge in [0.1, 0.15) is 29.3 Å². The van der Waals surface area contributed by atoms with Gasteiger partial charge in [-0.2, -0.15) is 0 Å². The lowest BCUT2D eigenvalue weighted by molar-refractivity contribution is 0.0466. The van der Waals surface area contributed by atoms with Gasteiger partial charge in [0, 0.05) is 17.0 Å². The zero-order chi connectivity index (χ0) is 19.6. The van der Waals surface area contributed by atoms with Crippen LogP contribution in [0.3, 0.4) is 0 Å². The van der Waals surface area contributed by atoms with Crippen molar-refractivity contribution in [1.29, 1.82) is 0 Å². The van der Waals surface area contributed by atoms with Gasteiger partial charge in [0.05, 0.1) is 14.2 Å². The number of hydrogen-bond acceptors (Lipinski definition) is 6. The van der Waals surface area contributed by atoms with Gasteiger partial charge in [-0.25, -0.2) is 9.59 Å². The third kappa shape index (κ3) is 3.65. The van der Waals surface area contributed by atoms with Crippen molar-refractivity contribution in [3.05, 3.63) is 69.1 Å². The number of esters is 1. The van der Waals surface area contributed by atoms with Crippen LogP contribution >= 0.6 is 0 Å². The number of aryl methyl sites for hydroxylation is 2. The minimum atomic E-state index is -0.602. The number of methoxy groups -OCH3 is 2. The van der Waals surface area contributed by atoms with Crippen LogP contribution in [0, 0.1) is 13.8 Å². The van der Waals surface area contributed by atoms with Gasteiger partial charge in [-0.15, -0.1) is 0 Å². The topological polar surface area (TPSA) is 75.0 Å². The summed E-state index contributed by atoms with van der Waals surface area (Å²) in [4.78, 5) is 24.5. The summed E-state index contributed by atoms with van der Waals surface area (Å²) in [6.07, 6.45) is 0. The number of ether oxygens (including phenoxy) is 3. The van der Waals surface area contributed by atoms with Crippen LogP contribution in [0.25, 0.3) is 11.0 Å². The maximum atomic E-state index is 12.6. The summed E-state index contributed by atoms with van der Waals surface area (Å²) in [5.74, 6) is 0.0982. The van der Waals surface area contributed by atoms with Crippen molar-refractivity contribution in [3.63, 3.8) is 0 Å². The first-order chi connectivity index (χ1) is 12.9. The van der Waals surface area contributed by atoms with E-state index in [-0.39, 0.29) is 12.2 Å². The summed E-state index contributed by atoms with van der Waals surface area (Å²) < 4.78 is 21.2. The smallest absolute Gasteiger partial charge is 0.346 e. The molecule has 0 radical (unpaired) electrons. The van der Waals surface area contributed by atoms with Crippen LogP contribution in [0.5, 0.6) is 11.5 Å². The molecular weight excluding hydrogens is 348 g/mol. The quantitative estimate of drug-likeness (QED) is 0.504. The van der Waals surface area contributed by atoms with E-state index < -0.39 is 11.6 Å². The summed E-state index contributed by atoms with van der Waals surface area (Å²) in [6, 6.07) is 10.1. The molecule has 0 amide bonds. The van der Waals surface area contributed by atoms with Crippen LogP contribution in [0.4, 0.5) is 0 Å². The number of fused-ring (bicyclic) bond motifs is 1. The standard InChI is InChI=1S/C21H20O6/c1-12-8-15-14(10-19(22)27-18(15)9-13(12)2)11-26-21(23)20-16(24-3)6-5-7-17(20)25-4/h5-10H,11H2,1-4H3. The van der Waals surface area contributed by atoms with Gasteiger partial charge < -0.3 is 18.6 Å². The van der Waals surface area contributed by atoms with Crippen LogP contribution in [0.1, 0.15) is 27.0 Å². The molecule has 140 valence electrons. The molecule has 0 aliphatic rings. The Hall–Kier alpha value is -3.28. The Morgan fingerprint density at radius 1 is 1.00 bits per heavy atom. The Kier molecular flexibility index (Phi) is 5.16. The molecule has 0 N–H and O–H groups in total. The predicted octanol–water partition coefficient (Wildman–Crippen LogP) is 3.78. The second-order valence-corrected chi connectivity index (χ2v) is 6.14. The Balaban J connectivity index is 1.95. The van der Waals surface area contributed by atoms with E-state index in [0.29, 0.717) is 22.6 Å². The molecule has 0 unspecified atom stereocenters. The van der Waals surface area contributed by atoms with Crippen molar-refractivity contribution in [2.24, 2.45) is 0 Å². The van der Waals surface area contributed by atoms with Crippen LogP contribution in [0.15, 0.2) is 45.6 Å². The lowest BCUT2D eigenvalue weighted by Crippen LogP contribution is -2.10. The monoisotopic (exact) mass is 368 g/mol. The summed E-state index contributed by atoms with van der Waals surface area (Å²) >= 11 is 0. The summed E-state index contributed by atoms with van der Waals surface area (Å²) in [7, 11) is 2.93. The van der Waals surface area contributed by atoms with E-state index in [1.165, 1.54) is 20.3 Å². The second kappa shape index (κ2) is 7.53. The molecule has 0 saturated carbocycles. The minimum absolute atomic E-state index is 0.0787. The number of benzene rings is 2. The van der Waals surface area contributed by atoms with E-state index in [0.717, 1.165) is 16.5 Å². The van der Waals surface area contributed by atoms with Crippen LogP contribution < -0.4 is 15.1 Å². The van der Waals surface area contributed by atoms with E-state index in [4.69, 9.17) is 18.6 Å². The predicted molar refractivity (Wildman–Crippen MR) is 101 cm³/mol. The highest BCUT2D eigenvalue weighted by Gasteiger charge is 2.20. The average Bonchev–Trinajstić information content (AvgIpc) is 2.66. The highest BCUT2D eigenvalue weighted by Crippen LogP contribution is 2.29. The Bertz CT molecular complexity index is 1040. The first-order valence-electron chi connectivity index (χ1n) is 8.36. The van der Waals surface area contributed by atoms with Crippen molar-refractivity contribution in [1.82, 2.24) is 0 Å². The number of carbonyl (C=O) groups excluding carboxylic acids is 1. The molecule has 6 heteroatoms. The normalized spacial score (nSPS) is 10.7. The van der Waals surface area contributed by atoms with Crippen molar-refractivity contribution in [2.75, 3.05) is 14.2 Å². The lowest BCUT2D eigenvalue weighted by Gasteiger charge is -2.13. The SMILES string of the molecule is COc1cccc(OC)c1C(=O)OCc1cc(=O)oc2cc(C)c(C)cc12. The summed E-state index contributed by atoms with van der Waals surface area (Å²) in [6.45, 7) is 3.83. The van der Waals surface area contributed by atoms with Crippen LogP contribution in [-0.4, -0.2) is 20.2 Å². The fourth-order valence-corrected chi connectivity index (χ4v) is 2.87. The Labute approximate surface area is 156 Å². The maximum absolute atomic E-state index is 12.6. The average molecular weight is 368 g/mol. The molecule has 0 spiro atoms. The van der Waals surface area contributed by atoms with Gasteiger partial charge in [0.2, 0.25) is 0 Å². The van der Waals surface area contributed by atoms with Gasteiger partial charge in [-0.3, -0.25) is 0 Å². The van der Waals surface area contributed by atoms with Crippen LogP contribution in [-0.2, 0) is 11.3 Å². The fourth-order valence-electron chi connectivity index (χ4n) is 2.87. The third-order valence-corrected chi connectivity index (χ3v) is 4.44. The number of carbonyl (C=O) groups is 1. The first kappa shape index (κ1) is 18.5. The summed E-state index contributed by atoms with van der Waals surface area (Å²) in [5.41, 5.74) is 2.81. The molecule has 1 heterocycles. The molecular formula is C21H20O6. The van der Waals surface area contributed by atoms with Gasteiger partial charge in [0.25, 0.3) is 0 Å². The third-order valence-electron chi connectivity index (χ3n) is 4.44. The largest absolute Gasteiger partial charge is 0.496 e. The molecule has 2 aromatic carbocycles. The van der Waals surface area contributed by atoms with E-state index in [9.17, 15) is 9.59 Å². The van der Waals surface area contributed by atoms with E-state index in [1.807, 2.05) is 19.9 Å². The summed E-state index contributed by atoms with van der Waals surface area (Å²) in [5, 5.41) is 0.734. The molecule has 1 aromatic heterocycles. The van der Waals surface area contributed by atoms with Crippen LogP contribution in [0.2, 0.25) is 0 Å². The van der Waals surface area contributed by atoms with Gasteiger partial charge >= 0.3 is 11.6 Å². The highest BCUT2D eigenvalue weighted by molar-refractivity contribution is 5.95. The zero-order valence-electron chi connectivity index (χ0n) is 15.6. The molecule has 27 heavy (non-hydrogen) atoms. The first-order valence-corrected chi connectivity index (χ1v) is 8.36. The molecule has 0 aliphatic carbocycles. The number of hydrogen-bond donors (Lipinski definition) is 0.